The van der Waals surface area contributed by atoms with E-state index >= 15 is 0 Å². The number of likely N-dealkylation sites (tertiary alicyclic amines) is 1. The van der Waals surface area contributed by atoms with Gasteiger partial charge in [0.2, 0.25) is 5.91 Å². The molecule has 2 fully saturated rings. The molecule has 0 radical (unpaired) electrons. The summed E-state index contributed by atoms with van der Waals surface area (Å²) in [6, 6.07) is 10.1. The second-order valence-corrected chi connectivity index (χ2v) is 8.10. The van der Waals surface area contributed by atoms with Gasteiger partial charge in [0.15, 0.2) is 5.78 Å². The summed E-state index contributed by atoms with van der Waals surface area (Å²) in [4.78, 5) is 28.7. The Kier molecular flexibility index (Phi) is 4.55. The molecule has 1 saturated heterocycles. The van der Waals surface area contributed by atoms with Crippen LogP contribution in [0.15, 0.2) is 55.1 Å². The zero-order valence-electron chi connectivity index (χ0n) is 15.9. The van der Waals surface area contributed by atoms with Crippen LogP contribution in [0.4, 0.5) is 0 Å². The highest BCUT2D eigenvalue weighted by Gasteiger charge is 2.70. The van der Waals surface area contributed by atoms with Crippen molar-refractivity contribution in [3.63, 3.8) is 0 Å². The maximum atomic E-state index is 13.5. The van der Waals surface area contributed by atoms with E-state index in [4.69, 9.17) is 4.74 Å². The predicted molar refractivity (Wildman–Crippen MR) is 104 cm³/mol. The lowest BCUT2D eigenvalue weighted by Gasteiger charge is -2.53. The Labute approximate surface area is 160 Å². The normalized spacial score (nSPS) is 35.1. The van der Waals surface area contributed by atoms with Gasteiger partial charge in [0.05, 0.1) is 12.5 Å². The average molecular weight is 365 g/mol. The van der Waals surface area contributed by atoms with Gasteiger partial charge in [-0.15, -0.1) is 6.58 Å². The molecule has 4 rings (SSSR count). The zero-order chi connectivity index (χ0) is 19.1. The van der Waals surface area contributed by atoms with Crippen LogP contribution in [0.3, 0.4) is 0 Å². The standard InChI is InChI=1S/C23H27NO3/c1-3-15-27-23-14-8-7-11-18-21(26)24(16-17-9-5-4-6-10-17)19(22(18,23)2)12-13-20(23)25/h3-10,18-19H,1,11-16H2,2H3/t18?,19-,22-,23-/m1/s1. The number of carbonyl (C=O) groups excluding carboxylic acids is 2. The van der Waals surface area contributed by atoms with Crippen molar-refractivity contribution in [2.24, 2.45) is 11.3 Å². The molecule has 4 nitrogen and oxygen atoms in total. The van der Waals surface area contributed by atoms with Crippen molar-refractivity contribution in [3.8, 4) is 0 Å². The first-order valence-electron chi connectivity index (χ1n) is 9.82. The first-order valence-corrected chi connectivity index (χ1v) is 9.82. The molecule has 27 heavy (non-hydrogen) atoms. The van der Waals surface area contributed by atoms with Crippen LogP contribution in [0, 0.1) is 11.3 Å². The summed E-state index contributed by atoms with van der Waals surface area (Å²) in [5, 5.41) is 0. The number of Topliss-reactive ketones (excluding diaryl/α,β-unsaturated/α-hetero) is 1. The molecule has 0 bridgehead atoms. The Balaban J connectivity index is 1.78. The second-order valence-electron chi connectivity index (χ2n) is 8.10. The maximum absolute atomic E-state index is 13.5. The largest absolute Gasteiger partial charge is 0.362 e. The number of nitrogens with zero attached hydrogens (tertiary/aromatic N) is 1. The van der Waals surface area contributed by atoms with Crippen LogP contribution >= 0.6 is 0 Å². The van der Waals surface area contributed by atoms with Crippen LogP contribution in [0.2, 0.25) is 0 Å². The first-order chi connectivity index (χ1) is 13.0. The maximum Gasteiger partial charge on any atom is 0.227 e. The lowest BCUT2D eigenvalue weighted by atomic mass is 9.56. The molecule has 1 saturated carbocycles. The van der Waals surface area contributed by atoms with Crippen LogP contribution in [-0.4, -0.2) is 34.8 Å². The molecular weight excluding hydrogens is 338 g/mol. The number of benzene rings is 1. The molecule has 0 spiro atoms. The summed E-state index contributed by atoms with van der Waals surface area (Å²) in [6.07, 6.45) is 8.15. The molecule has 3 aliphatic rings. The summed E-state index contributed by atoms with van der Waals surface area (Å²) in [5.74, 6) is 0.0622. The third kappa shape index (κ3) is 2.53. The third-order valence-electron chi connectivity index (χ3n) is 6.93. The van der Waals surface area contributed by atoms with Crippen LogP contribution in [0.1, 0.15) is 38.2 Å². The smallest absolute Gasteiger partial charge is 0.227 e. The van der Waals surface area contributed by atoms with E-state index in [0.29, 0.717) is 38.8 Å². The molecule has 1 aliphatic heterocycles. The van der Waals surface area contributed by atoms with Crippen molar-refractivity contribution in [2.45, 2.75) is 50.8 Å². The molecule has 0 aromatic heterocycles. The van der Waals surface area contributed by atoms with Gasteiger partial charge in [-0.3, -0.25) is 9.59 Å². The van der Waals surface area contributed by atoms with Crippen molar-refractivity contribution in [3.05, 3.63) is 60.7 Å². The van der Waals surface area contributed by atoms with Gasteiger partial charge in [0.1, 0.15) is 5.60 Å². The highest BCUT2D eigenvalue weighted by molar-refractivity contribution is 5.94. The summed E-state index contributed by atoms with van der Waals surface area (Å²) in [7, 11) is 0. The molecule has 0 N–H and O–H groups in total. The predicted octanol–water partition coefficient (Wildman–Crippen LogP) is 3.67. The highest BCUT2D eigenvalue weighted by atomic mass is 16.5. The van der Waals surface area contributed by atoms with Crippen molar-refractivity contribution in [1.82, 2.24) is 4.90 Å². The molecular formula is C23H27NO3. The second kappa shape index (κ2) is 6.75. The minimum absolute atomic E-state index is 0.0117. The summed E-state index contributed by atoms with van der Waals surface area (Å²) >= 11 is 0. The molecule has 1 amide bonds. The molecule has 1 aromatic carbocycles. The van der Waals surface area contributed by atoms with Gasteiger partial charge < -0.3 is 9.64 Å². The van der Waals surface area contributed by atoms with Crippen LogP contribution in [0.5, 0.6) is 0 Å². The topological polar surface area (TPSA) is 46.6 Å². The Morgan fingerprint density at radius 2 is 2.04 bits per heavy atom. The lowest BCUT2D eigenvalue weighted by molar-refractivity contribution is -0.181. The molecule has 4 atom stereocenters. The third-order valence-corrected chi connectivity index (χ3v) is 6.93. The number of ether oxygens (including phenoxy) is 1. The Bertz CT molecular complexity index is 786. The van der Waals surface area contributed by atoms with E-state index in [1.807, 2.05) is 29.2 Å². The number of allylic oxidation sites excluding steroid dienone is 1. The monoisotopic (exact) mass is 365 g/mol. The highest BCUT2D eigenvalue weighted by Crippen LogP contribution is 2.59. The van der Waals surface area contributed by atoms with Crippen LogP contribution in [0.25, 0.3) is 0 Å². The molecule has 142 valence electrons. The summed E-state index contributed by atoms with van der Waals surface area (Å²) in [6.45, 7) is 6.78. The Hall–Kier alpha value is -2.20. The Morgan fingerprint density at radius 3 is 2.78 bits per heavy atom. The first kappa shape index (κ1) is 18.2. The Morgan fingerprint density at radius 1 is 1.26 bits per heavy atom. The van der Waals surface area contributed by atoms with Crippen molar-refractivity contribution >= 4 is 11.7 Å². The SMILES string of the molecule is C=CCO[C@]12CC=CCC3C(=O)N(Cc4ccccc4)[C@H](CCC1=O)[C@@]32C. The van der Waals surface area contributed by atoms with Gasteiger partial charge >= 0.3 is 0 Å². The number of ketones is 1. The lowest BCUT2D eigenvalue weighted by Crippen LogP contribution is -2.64. The van der Waals surface area contributed by atoms with E-state index in [1.54, 1.807) is 6.08 Å². The number of hydrogen-bond acceptors (Lipinski definition) is 3. The van der Waals surface area contributed by atoms with Crippen LogP contribution in [-0.2, 0) is 20.9 Å². The fourth-order valence-corrected chi connectivity index (χ4v) is 5.57. The molecule has 4 heteroatoms. The quantitative estimate of drug-likeness (QED) is 0.748. The van der Waals surface area contributed by atoms with Crippen molar-refractivity contribution in [2.75, 3.05) is 6.61 Å². The van der Waals surface area contributed by atoms with Gasteiger partial charge in [0, 0.05) is 30.8 Å². The number of carbonyl (C=O) groups is 2. The van der Waals surface area contributed by atoms with E-state index in [1.165, 1.54) is 0 Å². The van der Waals surface area contributed by atoms with Gasteiger partial charge in [-0.05, 0) is 18.4 Å². The molecule has 2 aliphatic carbocycles. The van der Waals surface area contributed by atoms with Gasteiger partial charge in [-0.1, -0.05) is 55.5 Å². The van der Waals surface area contributed by atoms with E-state index in [9.17, 15) is 9.59 Å². The van der Waals surface area contributed by atoms with Crippen molar-refractivity contribution in [1.29, 1.82) is 0 Å². The zero-order valence-corrected chi connectivity index (χ0v) is 15.9. The molecule has 1 aromatic rings. The van der Waals surface area contributed by atoms with Gasteiger partial charge in [-0.2, -0.15) is 0 Å². The average Bonchev–Trinajstić information content (AvgIpc) is 2.79. The molecule has 1 unspecified atom stereocenters. The van der Waals surface area contributed by atoms with E-state index < -0.39 is 11.0 Å². The summed E-state index contributed by atoms with van der Waals surface area (Å²) in [5.41, 5.74) is -0.347. The summed E-state index contributed by atoms with van der Waals surface area (Å²) < 4.78 is 6.25. The van der Waals surface area contributed by atoms with Crippen molar-refractivity contribution < 1.29 is 14.3 Å². The van der Waals surface area contributed by atoms with E-state index in [2.05, 4.69) is 31.7 Å². The van der Waals surface area contributed by atoms with Gasteiger partial charge in [0.25, 0.3) is 0 Å². The van der Waals surface area contributed by atoms with E-state index in [-0.39, 0.29) is 23.7 Å². The van der Waals surface area contributed by atoms with Crippen LogP contribution < -0.4 is 0 Å². The number of rotatable bonds is 5. The number of hydrogen-bond donors (Lipinski definition) is 0. The minimum atomic E-state index is -0.942. The van der Waals surface area contributed by atoms with Gasteiger partial charge in [-0.25, -0.2) is 0 Å². The fourth-order valence-electron chi connectivity index (χ4n) is 5.57. The van der Waals surface area contributed by atoms with E-state index in [0.717, 1.165) is 5.56 Å². The number of amides is 1. The molecule has 1 heterocycles. The fraction of sp³-hybridized carbons (Fsp3) is 0.478. The minimum Gasteiger partial charge on any atom is -0.362 e.